The van der Waals surface area contributed by atoms with E-state index in [0.717, 1.165) is 11.1 Å². The van der Waals surface area contributed by atoms with Gasteiger partial charge in [-0.15, -0.1) is 0 Å². The Bertz CT molecular complexity index is 1290. The molecule has 0 bridgehead atoms. The van der Waals surface area contributed by atoms with Gasteiger partial charge in [0, 0.05) is 53.4 Å². The van der Waals surface area contributed by atoms with Crippen molar-refractivity contribution in [3.63, 3.8) is 0 Å². The van der Waals surface area contributed by atoms with Crippen LogP contribution in [0.5, 0.6) is 5.75 Å². The molecule has 2 aliphatic heterocycles. The lowest BCUT2D eigenvalue weighted by atomic mass is 9.88. The van der Waals surface area contributed by atoms with Crippen molar-refractivity contribution in [2.24, 2.45) is 5.10 Å². The highest BCUT2D eigenvalue weighted by Gasteiger charge is 2.68. The summed E-state index contributed by atoms with van der Waals surface area (Å²) in [5, 5.41) is 16.7. The number of nitrogens with zero attached hydrogens (tertiary/aromatic N) is 3. The molecule has 3 aromatic rings. The third kappa shape index (κ3) is 3.75. The summed E-state index contributed by atoms with van der Waals surface area (Å²) in [4.78, 5) is 9.49. The van der Waals surface area contributed by atoms with Gasteiger partial charge in [0.05, 0.1) is 10.6 Å². The Kier molecular flexibility index (Phi) is 6.18. The van der Waals surface area contributed by atoms with E-state index in [1.54, 1.807) is 28.7 Å². The van der Waals surface area contributed by atoms with Gasteiger partial charge in [0.2, 0.25) is 4.93 Å². The first-order chi connectivity index (χ1) is 16.9. The zero-order chi connectivity index (χ0) is 24.6. The van der Waals surface area contributed by atoms with Gasteiger partial charge in [-0.25, -0.2) is 4.41 Å². The van der Waals surface area contributed by atoms with Gasteiger partial charge in [0.25, 0.3) is 11.5 Å². The molecular formula is C25H22ClN3O5S. The number of hydrogen-bond acceptors (Lipinski definition) is 8. The van der Waals surface area contributed by atoms with Crippen molar-refractivity contribution in [1.82, 2.24) is 0 Å². The second-order valence-corrected chi connectivity index (χ2v) is 9.33. The van der Waals surface area contributed by atoms with E-state index < -0.39 is 15.6 Å². The molecule has 5 rings (SSSR count). The van der Waals surface area contributed by atoms with Crippen molar-refractivity contribution in [2.45, 2.75) is 24.6 Å². The van der Waals surface area contributed by atoms with Gasteiger partial charge in [0.15, 0.2) is 0 Å². The second kappa shape index (κ2) is 9.16. The van der Waals surface area contributed by atoms with Gasteiger partial charge in [-0.1, -0.05) is 35.9 Å². The molecule has 8 nitrogen and oxygen atoms in total. The van der Waals surface area contributed by atoms with Gasteiger partial charge in [-0.2, -0.15) is 5.10 Å². The number of benzene rings is 3. The lowest BCUT2D eigenvalue weighted by molar-refractivity contribution is -0.384. The second-order valence-electron chi connectivity index (χ2n) is 7.79. The SMILES string of the molecule is CCOC12SN(c3ccc([N+](=O)[O-])cc3)N=C1c1ccccc1OC2(OCC)c1ccc(Cl)cc1. The fraction of sp³-hybridized carbons (Fsp3) is 0.240. The molecule has 0 spiro atoms. The van der Waals surface area contributed by atoms with Crippen LogP contribution in [0.3, 0.4) is 0 Å². The molecule has 10 heteroatoms. The Morgan fingerprint density at radius 3 is 2.37 bits per heavy atom. The third-order valence-corrected chi connectivity index (χ3v) is 7.30. The smallest absolute Gasteiger partial charge is 0.284 e. The minimum atomic E-state index is -1.39. The minimum absolute atomic E-state index is 0.000967. The molecule has 0 fully saturated rings. The molecule has 0 saturated carbocycles. The number of para-hydroxylation sites is 1. The fourth-order valence-corrected chi connectivity index (χ4v) is 5.76. The molecule has 0 aromatic heterocycles. The number of ether oxygens (including phenoxy) is 3. The van der Waals surface area contributed by atoms with Crippen LogP contribution in [0.25, 0.3) is 0 Å². The first kappa shape index (κ1) is 23.6. The molecule has 0 saturated heterocycles. The molecule has 2 unspecified atom stereocenters. The normalized spacial score (nSPS) is 22.7. The largest absolute Gasteiger partial charge is 0.453 e. The minimum Gasteiger partial charge on any atom is -0.453 e. The quantitative estimate of drug-likeness (QED) is 0.214. The van der Waals surface area contributed by atoms with Gasteiger partial charge >= 0.3 is 0 Å². The summed E-state index contributed by atoms with van der Waals surface area (Å²) in [6.07, 6.45) is 0. The Hall–Kier alpha value is -3.11. The van der Waals surface area contributed by atoms with E-state index in [9.17, 15) is 10.1 Å². The maximum Gasteiger partial charge on any atom is 0.284 e. The molecule has 2 heterocycles. The molecule has 0 N–H and O–H groups in total. The van der Waals surface area contributed by atoms with Crippen molar-refractivity contribution in [3.05, 3.63) is 99.1 Å². The molecule has 180 valence electrons. The maximum atomic E-state index is 11.1. The Labute approximate surface area is 211 Å². The average Bonchev–Trinajstić information content (AvgIpc) is 3.26. The maximum absolute atomic E-state index is 11.1. The van der Waals surface area contributed by atoms with Crippen LogP contribution in [0.1, 0.15) is 25.0 Å². The van der Waals surface area contributed by atoms with Crippen LogP contribution in [-0.2, 0) is 15.3 Å². The van der Waals surface area contributed by atoms with Crippen molar-refractivity contribution in [2.75, 3.05) is 17.6 Å². The highest BCUT2D eigenvalue weighted by Crippen LogP contribution is 2.58. The molecular weight excluding hydrogens is 490 g/mol. The predicted molar refractivity (Wildman–Crippen MR) is 136 cm³/mol. The third-order valence-electron chi connectivity index (χ3n) is 5.75. The van der Waals surface area contributed by atoms with Gasteiger partial charge in [0.1, 0.15) is 11.5 Å². The van der Waals surface area contributed by atoms with E-state index in [0.29, 0.717) is 35.4 Å². The molecule has 3 aromatic carbocycles. The zero-order valence-corrected chi connectivity index (χ0v) is 20.6. The number of anilines is 1. The summed E-state index contributed by atoms with van der Waals surface area (Å²) < 4.78 is 21.3. The van der Waals surface area contributed by atoms with Gasteiger partial charge in [-0.3, -0.25) is 10.1 Å². The van der Waals surface area contributed by atoms with Crippen LogP contribution in [0.2, 0.25) is 5.02 Å². The Morgan fingerprint density at radius 1 is 1.03 bits per heavy atom. The van der Waals surface area contributed by atoms with Crippen LogP contribution in [0.15, 0.2) is 77.9 Å². The van der Waals surface area contributed by atoms with Crippen LogP contribution >= 0.6 is 23.5 Å². The van der Waals surface area contributed by atoms with E-state index in [2.05, 4.69) is 0 Å². The molecule has 0 amide bonds. The summed E-state index contributed by atoms with van der Waals surface area (Å²) in [6.45, 7) is 4.49. The average molecular weight is 512 g/mol. The van der Waals surface area contributed by atoms with E-state index >= 15 is 0 Å². The summed E-state index contributed by atoms with van der Waals surface area (Å²) in [6, 6.07) is 21.1. The summed E-state index contributed by atoms with van der Waals surface area (Å²) in [5.74, 6) is -0.786. The number of fused-ring (bicyclic) bond motifs is 3. The molecule has 0 radical (unpaired) electrons. The lowest BCUT2D eigenvalue weighted by Gasteiger charge is -2.49. The van der Waals surface area contributed by atoms with E-state index in [1.807, 2.05) is 50.2 Å². The monoisotopic (exact) mass is 511 g/mol. The lowest BCUT2D eigenvalue weighted by Crippen LogP contribution is -2.62. The first-order valence-electron chi connectivity index (χ1n) is 11.1. The number of hydrogen-bond donors (Lipinski definition) is 0. The number of hydrazone groups is 1. The molecule has 0 aliphatic carbocycles. The number of halogens is 1. The molecule has 2 atom stereocenters. The number of rotatable bonds is 7. The van der Waals surface area contributed by atoms with Crippen LogP contribution in [0, 0.1) is 10.1 Å². The first-order valence-corrected chi connectivity index (χ1v) is 12.2. The highest BCUT2D eigenvalue weighted by atomic mass is 35.5. The van der Waals surface area contributed by atoms with Crippen molar-refractivity contribution in [3.8, 4) is 5.75 Å². The topological polar surface area (TPSA) is 86.4 Å². The Morgan fingerprint density at radius 2 is 1.71 bits per heavy atom. The summed E-state index contributed by atoms with van der Waals surface area (Å²) in [7, 11) is 0. The molecule has 2 aliphatic rings. The fourth-order valence-electron chi connectivity index (χ4n) is 4.30. The van der Waals surface area contributed by atoms with Gasteiger partial charge < -0.3 is 14.2 Å². The van der Waals surface area contributed by atoms with E-state index in [1.165, 1.54) is 24.1 Å². The van der Waals surface area contributed by atoms with Crippen molar-refractivity contribution >= 4 is 40.6 Å². The number of nitro benzene ring substituents is 1. The highest BCUT2D eigenvalue weighted by molar-refractivity contribution is 8.03. The van der Waals surface area contributed by atoms with E-state index in [4.69, 9.17) is 30.9 Å². The van der Waals surface area contributed by atoms with Crippen LogP contribution in [0.4, 0.5) is 11.4 Å². The summed E-state index contributed by atoms with van der Waals surface area (Å²) in [5.41, 5.74) is 2.79. The number of non-ortho nitro benzene ring substituents is 1. The van der Waals surface area contributed by atoms with Gasteiger partial charge in [-0.05, 0) is 50.2 Å². The molecule has 35 heavy (non-hydrogen) atoms. The van der Waals surface area contributed by atoms with Crippen LogP contribution in [-0.4, -0.2) is 28.8 Å². The van der Waals surface area contributed by atoms with Crippen molar-refractivity contribution in [1.29, 1.82) is 0 Å². The predicted octanol–water partition coefficient (Wildman–Crippen LogP) is 6.14. The van der Waals surface area contributed by atoms with Crippen molar-refractivity contribution < 1.29 is 19.1 Å². The zero-order valence-electron chi connectivity index (χ0n) is 19.0. The summed E-state index contributed by atoms with van der Waals surface area (Å²) >= 11 is 7.50. The van der Waals surface area contributed by atoms with Crippen LogP contribution < -0.4 is 9.15 Å². The standard InChI is InChI=1S/C25H22ClN3O5S/c1-3-32-24(17-9-11-18(26)12-10-17)25(33-4-2)23(21-7-5-6-8-22(21)34-24)27-28(35-25)19-13-15-20(16-14-19)29(30)31/h5-16H,3-4H2,1-2H3. The van der Waals surface area contributed by atoms with E-state index in [-0.39, 0.29) is 5.69 Å². The Balaban J connectivity index is 1.73. The number of nitro groups is 1.